The number of carbonyl (C=O) groups excluding carboxylic acids is 2. The molecule has 170 valence electrons. The lowest BCUT2D eigenvalue weighted by Gasteiger charge is -2.21. The van der Waals surface area contributed by atoms with Crippen molar-refractivity contribution in [1.82, 2.24) is 10.6 Å². The Morgan fingerprint density at radius 2 is 1.73 bits per heavy atom. The molecular weight excluding hydrogens is 420 g/mol. The number of amides is 2. The van der Waals surface area contributed by atoms with Crippen molar-refractivity contribution >= 4 is 11.8 Å². The highest BCUT2D eigenvalue weighted by molar-refractivity contribution is 5.94. The molecule has 0 aromatic heterocycles. The van der Waals surface area contributed by atoms with E-state index in [1.54, 1.807) is 24.3 Å². The SMILES string of the molecule is C[C@H](NC(=O)COc1cccc(C(=O)NCc2ccccc2)c1)c1ccc2c(c1)OCCO2. The van der Waals surface area contributed by atoms with Crippen molar-refractivity contribution in [1.29, 1.82) is 0 Å². The molecule has 0 bridgehead atoms. The van der Waals surface area contributed by atoms with Crippen molar-refractivity contribution in [2.24, 2.45) is 0 Å². The third kappa shape index (κ3) is 6.04. The van der Waals surface area contributed by atoms with Crippen molar-refractivity contribution in [2.45, 2.75) is 19.5 Å². The number of hydrogen-bond donors (Lipinski definition) is 2. The Labute approximate surface area is 192 Å². The van der Waals surface area contributed by atoms with Crippen LogP contribution in [0.2, 0.25) is 0 Å². The van der Waals surface area contributed by atoms with E-state index in [4.69, 9.17) is 14.2 Å². The Balaban J connectivity index is 1.28. The lowest BCUT2D eigenvalue weighted by atomic mass is 10.1. The van der Waals surface area contributed by atoms with Gasteiger partial charge in [0, 0.05) is 12.1 Å². The van der Waals surface area contributed by atoms with Crippen LogP contribution < -0.4 is 24.8 Å². The molecule has 1 atom stereocenters. The van der Waals surface area contributed by atoms with Gasteiger partial charge in [0.1, 0.15) is 19.0 Å². The van der Waals surface area contributed by atoms with E-state index in [0.717, 1.165) is 11.1 Å². The standard InChI is InChI=1S/C26H26N2O5/c1-18(20-10-11-23-24(15-20)32-13-12-31-23)28-25(29)17-33-22-9-5-8-21(14-22)26(30)27-16-19-6-3-2-4-7-19/h2-11,14-15,18H,12-13,16-17H2,1H3,(H,27,30)(H,28,29)/t18-/m0/s1. The second kappa shape index (κ2) is 10.5. The van der Waals surface area contributed by atoms with Crippen molar-refractivity contribution in [2.75, 3.05) is 19.8 Å². The summed E-state index contributed by atoms with van der Waals surface area (Å²) in [6.07, 6.45) is 0. The van der Waals surface area contributed by atoms with Crippen LogP contribution in [0.25, 0.3) is 0 Å². The lowest BCUT2D eigenvalue weighted by molar-refractivity contribution is -0.123. The average Bonchev–Trinajstić information content (AvgIpc) is 2.86. The van der Waals surface area contributed by atoms with E-state index in [-0.39, 0.29) is 24.5 Å². The molecule has 0 saturated carbocycles. The predicted molar refractivity (Wildman–Crippen MR) is 124 cm³/mol. The van der Waals surface area contributed by atoms with Crippen molar-refractivity contribution in [3.8, 4) is 17.2 Å². The van der Waals surface area contributed by atoms with Crippen LogP contribution >= 0.6 is 0 Å². The zero-order valence-corrected chi connectivity index (χ0v) is 18.4. The van der Waals surface area contributed by atoms with E-state index in [1.165, 1.54) is 0 Å². The maximum Gasteiger partial charge on any atom is 0.258 e. The second-order valence-electron chi connectivity index (χ2n) is 7.68. The molecule has 1 heterocycles. The van der Waals surface area contributed by atoms with E-state index in [9.17, 15) is 9.59 Å². The first-order valence-electron chi connectivity index (χ1n) is 10.8. The van der Waals surface area contributed by atoms with Crippen molar-refractivity contribution in [3.63, 3.8) is 0 Å². The Bertz CT molecular complexity index is 1120. The van der Waals surface area contributed by atoms with Gasteiger partial charge >= 0.3 is 0 Å². The molecule has 0 fully saturated rings. The number of fused-ring (bicyclic) bond motifs is 1. The first-order valence-corrected chi connectivity index (χ1v) is 10.8. The fraction of sp³-hybridized carbons (Fsp3) is 0.231. The third-order valence-electron chi connectivity index (χ3n) is 5.21. The fourth-order valence-corrected chi connectivity index (χ4v) is 3.45. The summed E-state index contributed by atoms with van der Waals surface area (Å²) in [6, 6.07) is 21.8. The van der Waals surface area contributed by atoms with Gasteiger partial charge in [-0.15, -0.1) is 0 Å². The molecule has 1 aliphatic heterocycles. The van der Waals surface area contributed by atoms with E-state index in [1.807, 2.05) is 55.5 Å². The summed E-state index contributed by atoms with van der Waals surface area (Å²) in [4.78, 5) is 24.8. The highest BCUT2D eigenvalue weighted by Crippen LogP contribution is 2.32. The smallest absolute Gasteiger partial charge is 0.258 e. The minimum atomic E-state index is -0.267. The van der Waals surface area contributed by atoms with Crippen molar-refractivity contribution < 1.29 is 23.8 Å². The monoisotopic (exact) mass is 446 g/mol. The molecule has 0 radical (unpaired) electrons. The van der Waals surface area contributed by atoms with Gasteiger partial charge in [0.25, 0.3) is 11.8 Å². The maximum absolute atomic E-state index is 12.4. The zero-order chi connectivity index (χ0) is 23.0. The largest absolute Gasteiger partial charge is 0.486 e. The molecule has 33 heavy (non-hydrogen) atoms. The number of benzene rings is 3. The third-order valence-corrected chi connectivity index (χ3v) is 5.21. The van der Waals surface area contributed by atoms with E-state index >= 15 is 0 Å². The number of nitrogens with one attached hydrogen (secondary N) is 2. The molecule has 7 nitrogen and oxygen atoms in total. The first kappa shape index (κ1) is 22.2. The number of ether oxygens (including phenoxy) is 3. The fourth-order valence-electron chi connectivity index (χ4n) is 3.45. The Kier molecular flexibility index (Phi) is 7.09. The highest BCUT2D eigenvalue weighted by atomic mass is 16.6. The van der Waals surface area contributed by atoms with Crippen LogP contribution in [-0.4, -0.2) is 31.6 Å². The molecule has 7 heteroatoms. The first-order chi connectivity index (χ1) is 16.1. The van der Waals surface area contributed by atoms with Crippen LogP contribution in [-0.2, 0) is 11.3 Å². The summed E-state index contributed by atoms with van der Waals surface area (Å²) < 4.78 is 16.7. The summed E-state index contributed by atoms with van der Waals surface area (Å²) in [7, 11) is 0. The van der Waals surface area contributed by atoms with Gasteiger partial charge in [-0.2, -0.15) is 0 Å². The van der Waals surface area contributed by atoms with Gasteiger partial charge in [-0.1, -0.05) is 42.5 Å². The Morgan fingerprint density at radius 1 is 0.939 bits per heavy atom. The zero-order valence-electron chi connectivity index (χ0n) is 18.4. The van der Waals surface area contributed by atoms with E-state index in [2.05, 4.69) is 10.6 Å². The molecule has 2 amide bonds. The molecule has 0 spiro atoms. The number of rotatable bonds is 8. The van der Waals surface area contributed by atoms with Gasteiger partial charge in [0.2, 0.25) is 0 Å². The normalized spacial score (nSPS) is 13.0. The van der Waals surface area contributed by atoms with Gasteiger partial charge in [-0.05, 0) is 48.4 Å². The summed E-state index contributed by atoms with van der Waals surface area (Å²) in [6.45, 7) is 3.20. The highest BCUT2D eigenvalue weighted by Gasteiger charge is 2.16. The van der Waals surface area contributed by atoms with E-state index in [0.29, 0.717) is 42.6 Å². The van der Waals surface area contributed by atoms with Crippen LogP contribution in [0.15, 0.2) is 72.8 Å². The van der Waals surface area contributed by atoms with Crippen LogP contribution in [0.4, 0.5) is 0 Å². The molecule has 3 aromatic rings. The maximum atomic E-state index is 12.4. The van der Waals surface area contributed by atoms with Crippen LogP contribution in [0, 0.1) is 0 Å². The molecule has 1 aliphatic rings. The van der Waals surface area contributed by atoms with Gasteiger partial charge in [0.15, 0.2) is 18.1 Å². The molecule has 3 aromatic carbocycles. The number of hydrogen-bond acceptors (Lipinski definition) is 5. The lowest BCUT2D eigenvalue weighted by Crippen LogP contribution is -2.31. The summed E-state index contributed by atoms with van der Waals surface area (Å²) >= 11 is 0. The van der Waals surface area contributed by atoms with Gasteiger partial charge in [-0.25, -0.2) is 0 Å². The molecule has 4 rings (SSSR count). The van der Waals surface area contributed by atoms with Crippen LogP contribution in [0.5, 0.6) is 17.2 Å². The molecular formula is C26H26N2O5. The molecule has 0 aliphatic carbocycles. The van der Waals surface area contributed by atoms with Gasteiger partial charge in [0.05, 0.1) is 6.04 Å². The number of carbonyl (C=O) groups is 2. The van der Waals surface area contributed by atoms with Crippen molar-refractivity contribution in [3.05, 3.63) is 89.5 Å². The van der Waals surface area contributed by atoms with Crippen LogP contribution in [0.1, 0.15) is 34.5 Å². The average molecular weight is 447 g/mol. The molecule has 2 N–H and O–H groups in total. The second-order valence-corrected chi connectivity index (χ2v) is 7.68. The summed E-state index contributed by atoms with van der Waals surface area (Å²) in [5, 5.41) is 5.79. The quantitative estimate of drug-likeness (QED) is 0.552. The molecule has 0 unspecified atom stereocenters. The minimum Gasteiger partial charge on any atom is -0.486 e. The minimum absolute atomic E-state index is 0.163. The Hall–Kier alpha value is -4.00. The van der Waals surface area contributed by atoms with Crippen LogP contribution in [0.3, 0.4) is 0 Å². The summed E-state index contributed by atoms with van der Waals surface area (Å²) in [5.41, 5.74) is 2.39. The van der Waals surface area contributed by atoms with Gasteiger partial charge < -0.3 is 24.8 Å². The predicted octanol–water partition coefficient (Wildman–Crippen LogP) is 3.64. The Morgan fingerprint density at radius 3 is 2.55 bits per heavy atom. The van der Waals surface area contributed by atoms with E-state index < -0.39 is 0 Å². The topological polar surface area (TPSA) is 85.9 Å². The van der Waals surface area contributed by atoms with Gasteiger partial charge in [-0.3, -0.25) is 9.59 Å². The summed E-state index contributed by atoms with van der Waals surface area (Å²) in [5.74, 6) is 1.36. The molecule has 0 saturated heterocycles.